The van der Waals surface area contributed by atoms with E-state index in [4.69, 9.17) is 0 Å². The van der Waals surface area contributed by atoms with Crippen LogP contribution in [-0.2, 0) is 0 Å². The summed E-state index contributed by atoms with van der Waals surface area (Å²) in [7, 11) is 0. The molecule has 2 aromatic rings. The topological polar surface area (TPSA) is 49.4 Å². The Labute approximate surface area is 175 Å². The normalized spacial score (nSPS) is 12.4. The van der Waals surface area contributed by atoms with Gasteiger partial charge in [0, 0.05) is 11.1 Å². The van der Waals surface area contributed by atoms with E-state index in [2.05, 4.69) is 33.1 Å². The van der Waals surface area contributed by atoms with E-state index in [9.17, 15) is 9.59 Å². The highest BCUT2D eigenvalue weighted by molar-refractivity contribution is 6.00. The Kier molecular flexibility index (Phi) is 7.23. The lowest BCUT2D eigenvalue weighted by atomic mass is 9.83. The minimum atomic E-state index is -0.258. The first-order valence-corrected chi connectivity index (χ1v) is 10.3. The molecule has 4 nitrogen and oxygen atoms in total. The van der Waals surface area contributed by atoms with Crippen LogP contribution in [-0.4, -0.2) is 22.9 Å². The highest BCUT2D eigenvalue weighted by atomic mass is 16.2. The number of benzene rings is 2. The molecule has 0 radical (unpaired) electrons. The van der Waals surface area contributed by atoms with Gasteiger partial charge in [-0.15, -0.1) is 0 Å². The molecule has 0 spiro atoms. The van der Waals surface area contributed by atoms with Crippen molar-refractivity contribution in [1.29, 1.82) is 0 Å². The van der Waals surface area contributed by atoms with Gasteiger partial charge in [0.15, 0.2) is 0 Å². The van der Waals surface area contributed by atoms with Crippen molar-refractivity contribution >= 4 is 11.8 Å². The maximum absolute atomic E-state index is 13.6. The van der Waals surface area contributed by atoms with Crippen molar-refractivity contribution in [1.82, 2.24) is 10.4 Å². The van der Waals surface area contributed by atoms with E-state index in [0.717, 1.165) is 29.5 Å². The molecule has 1 N–H and O–H groups in total. The number of nitrogens with zero attached hydrogens (tertiary/aromatic N) is 1. The molecule has 4 heteroatoms. The third kappa shape index (κ3) is 5.69. The molecule has 0 unspecified atom stereocenters. The second-order valence-corrected chi connectivity index (χ2v) is 8.98. The van der Waals surface area contributed by atoms with Crippen LogP contribution in [0, 0.1) is 26.2 Å². The zero-order chi connectivity index (χ0) is 21.8. The fraction of sp³-hybridized carbons (Fsp3) is 0.440. The molecule has 2 amide bonds. The maximum Gasteiger partial charge on any atom is 0.272 e. The first-order chi connectivity index (χ1) is 13.5. The number of hydrazine groups is 1. The summed E-state index contributed by atoms with van der Waals surface area (Å²) >= 11 is 0. The van der Waals surface area contributed by atoms with Crippen LogP contribution in [0.3, 0.4) is 0 Å². The van der Waals surface area contributed by atoms with Gasteiger partial charge in [-0.05, 0) is 56.4 Å². The number of rotatable bonds is 5. The molecule has 2 rings (SSSR count). The van der Waals surface area contributed by atoms with E-state index in [-0.39, 0.29) is 23.3 Å². The first-order valence-electron chi connectivity index (χ1n) is 10.3. The molecule has 0 heterocycles. The van der Waals surface area contributed by atoms with Crippen molar-refractivity contribution in [3.63, 3.8) is 0 Å². The van der Waals surface area contributed by atoms with Gasteiger partial charge < -0.3 is 0 Å². The molecule has 0 saturated heterocycles. The standard InChI is InChI=1S/C25H34N2O2/c1-8-11-22(25(5,6)7)27(24(29)20-15-17(2)14-18(3)16-20)26-23(28)21-13-10-9-12-19(21)4/h9-10,12-16,22H,8,11H2,1-7H3,(H,26,28)/t22-/m0/s1. The molecule has 2 aromatic carbocycles. The summed E-state index contributed by atoms with van der Waals surface area (Å²) in [6, 6.07) is 13.1. The van der Waals surface area contributed by atoms with Gasteiger partial charge in [-0.1, -0.05) is 69.5 Å². The average Bonchev–Trinajstić information content (AvgIpc) is 2.62. The van der Waals surface area contributed by atoms with Crippen LogP contribution >= 0.6 is 0 Å². The maximum atomic E-state index is 13.6. The molecule has 29 heavy (non-hydrogen) atoms. The average molecular weight is 395 g/mol. The molecule has 0 aliphatic rings. The van der Waals surface area contributed by atoms with E-state index < -0.39 is 0 Å². The zero-order valence-electron chi connectivity index (χ0n) is 18.8. The van der Waals surface area contributed by atoms with Gasteiger partial charge in [0.25, 0.3) is 11.8 Å². The van der Waals surface area contributed by atoms with Gasteiger partial charge in [-0.3, -0.25) is 15.0 Å². The van der Waals surface area contributed by atoms with Crippen LogP contribution in [0.25, 0.3) is 0 Å². The van der Waals surface area contributed by atoms with Crippen LogP contribution in [0.5, 0.6) is 0 Å². The SMILES string of the molecule is CCC[C@H](N(NC(=O)c1ccccc1C)C(=O)c1cc(C)cc(C)c1)C(C)(C)C. The van der Waals surface area contributed by atoms with Gasteiger partial charge in [0.2, 0.25) is 0 Å². The second-order valence-electron chi connectivity index (χ2n) is 8.98. The zero-order valence-corrected chi connectivity index (χ0v) is 18.8. The summed E-state index contributed by atoms with van der Waals surface area (Å²) in [6.45, 7) is 14.3. The molecule has 0 aliphatic heterocycles. The van der Waals surface area contributed by atoms with Gasteiger partial charge in [0.1, 0.15) is 0 Å². The third-order valence-electron chi connectivity index (χ3n) is 5.17. The minimum Gasteiger partial charge on any atom is -0.267 e. The Bertz CT molecular complexity index is 860. The molecule has 1 atom stereocenters. The fourth-order valence-electron chi connectivity index (χ4n) is 3.73. The van der Waals surface area contributed by atoms with Crippen molar-refractivity contribution < 1.29 is 9.59 Å². The van der Waals surface area contributed by atoms with Gasteiger partial charge >= 0.3 is 0 Å². The van der Waals surface area contributed by atoms with Crippen molar-refractivity contribution in [2.24, 2.45) is 5.41 Å². The monoisotopic (exact) mass is 394 g/mol. The molecular weight excluding hydrogens is 360 g/mol. The van der Waals surface area contributed by atoms with Crippen molar-refractivity contribution in [3.05, 3.63) is 70.3 Å². The van der Waals surface area contributed by atoms with Crippen molar-refractivity contribution in [2.75, 3.05) is 0 Å². The van der Waals surface area contributed by atoms with Gasteiger partial charge in [-0.25, -0.2) is 5.01 Å². The van der Waals surface area contributed by atoms with Crippen LogP contribution in [0.15, 0.2) is 42.5 Å². The van der Waals surface area contributed by atoms with E-state index in [1.165, 1.54) is 0 Å². The van der Waals surface area contributed by atoms with Gasteiger partial charge in [-0.2, -0.15) is 0 Å². The summed E-state index contributed by atoms with van der Waals surface area (Å²) < 4.78 is 0. The van der Waals surface area contributed by atoms with Crippen LogP contribution in [0.4, 0.5) is 0 Å². The summed E-state index contributed by atoms with van der Waals surface area (Å²) in [5.41, 5.74) is 6.87. The number of amides is 2. The summed E-state index contributed by atoms with van der Waals surface area (Å²) in [5, 5.41) is 1.56. The summed E-state index contributed by atoms with van der Waals surface area (Å²) in [5.74, 6) is -0.432. The lowest BCUT2D eigenvalue weighted by molar-refractivity contribution is 0.0271. The predicted octanol–water partition coefficient (Wildman–Crippen LogP) is 5.61. The van der Waals surface area contributed by atoms with Crippen molar-refractivity contribution in [3.8, 4) is 0 Å². The lowest BCUT2D eigenvalue weighted by Gasteiger charge is -2.40. The number of hydrogen-bond donors (Lipinski definition) is 1. The molecular formula is C25H34N2O2. The van der Waals surface area contributed by atoms with Crippen LogP contribution in [0.2, 0.25) is 0 Å². The quantitative estimate of drug-likeness (QED) is 0.670. The highest BCUT2D eigenvalue weighted by Crippen LogP contribution is 2.29. The molecule has 0 bridgehead atoms. The van der Waals surface area contributed by atoms with Gasteiger partial charge in [0.05, 0.1) is 6.04 Å². The Morgan fingerprint density at radius 3 is 2.10 bits per heavy atom. The fourth-order valence-corrected chi connectivity index (χ4v) is 3.73. The van der Waals surface area contributed by atoms with E-state index in [0.29, 0.717) is 11.1 Å². The Hall–Kier alpha value is -2.62. The van der Waals surface area contributed by atoms with Crippen LogP contribution in [0.1, 0.15) is 77.9 Å². The predicted molar refractivity (Wildman–Crippen MR) is 119 cm³/mol. The highest BCUT2D eigenvalue weighted by Gasteiger charge is 2.35. The number of carbonyl (C=O) groups excluding carboxylic acids is 2. The third-order valence-corrected chi connectivity index (χ3v) is 5.17. The smallest absolute Gasteiger partial charge is 0.267 e. The number of nitrogens with one attached hydrogen (secondary N) is 1. The molecule has 0 aliphatic carbocycles. The first kappa shape index (κ1) is 22.7. The second kappa shape index (κ2) is 9.25. The van der Waals surface area contributed by atoms with E-state index >= 15 is 0 Å². The number of hydrogen-bond acceptors (Lipinski definition) is 2. The Morgan fingerprint density at radius 1 is 1.00 bits per heavy atom. The molecule has 156 valence electrons. The number of carbonyl (C=O) groups is 2. The molecule has 0 fully saturated rings. The lowest BCUT2D eigenvalue weighted by Crippen LogP contribution is -2.56. The Balaban J connectivity index is 2.48. The summed E-state index contributed by atoms with van der Waals surface area (Å²) in [6.07, 6.45) is 1.72. The minimum absolute atomic E-state index is 0.131. The Morgan fingerprint density at radius 2 is 1.59 bits per heavy atom. The van der Waals surface area contributed by atoms with E-state index in [1.807, 2.05) is 57.2 Å². The molecule has 0 aromatic heterocycles. The van der Waals surface area contributed by atoms with Crippen LogP contribution < -0.4 is 5.43 Å². The summed E-state index contributed by atoms with van der Waals surface area (Å²) in [4.78, 5) is 26.7. The number of aryl methyl sites for hydroxylation is 3. The molecule has 0 saturated carbocycles. The van der Waals surface area contributed by atoms with Crippen molar-refractivity contribution in [2.45, 2.75) is 67.3 Å². The van der Waals surface area contributed by atoms with E-state index in [1.54, 1.807) is 11.1 Å². The largest absolute Gasteiger partial charge is 0.272 e.